The molecule has 0 aromatic carbocycles. The number of nitrogens with two attached hydrogens (primary N) is 1. The molecular formula is C9H18N4OS. The molecule has 6 heteroatoms. The summed E-state index contributed by atoms with van der Waals surface area (Å²) in [6, 6.07) is -0.0167. The van der Waals surface area contributed by atoms with E-state index in [2.05, 4.69) is 10.2 Å². The van der Waals surface area contributed by atoms with Crippen LogP contribution in [0.15, 0.2) is 5.16 Å². The Kier molecular flexibility index (Phi) is 4.56. The summed E-state index contributed by atoms with van der Waals surface area (Å²) in [6.07, 6.45) is 0.842. The standard InChI is InChI=1S/C9H18N4OS/c1-4-7(10)8(5-14)15-9-12-11-6(2)13(9)3/h7-8,14H,4-5,10H2,1-3H3. The molecule has 0 amide bonds. The van der Waals surface area contributed by atoms with Gasteiger partial charge in [0.1, 0.15) is 5.82 Å². The molecule has 0 aliphatic heterocycles. The Morgan fingerprint density at radius 2 is 2.20 bits per heavy atom. The number of aromatic nitrogens is 3. The summed E-state index contributed by atoms with van der Waals surface area (Å²) in [7, 11) is 1.91. The monoisotopic (exact) mass is 230 g/mol. The Morgan fingerprint density at radius 3 is 2.60 bits per heavy atom. The summed E-state index contributed by atoms with van der Waals surface area (Å²) < 4.78 is 1.90. The van der Waals surface area contributed by atoms with Gasteiger partial charge in [0.15, 0.2) is 5.16 Å². The van der Waals surface area contributed by atoms with Gasteiger partial charge in [-0.25, -0.2) is 0 Å². The van der Waals surface area contributed by atoms with Crippen LogP contribution in [0.3, 0.4) is 0 Å². The molecule has 0 saturated heterocycles. The largest absolute Gasteiger partial charge is 0.395 e. The molecule has 1 rings (SSSR count). The number of hydrogen-bond donors (Lipinski definition) is 2. The molecule has 0 bridgehead atoms. The Hall–Kier alpha value is -0.590. The molecule has 5 nitrogen and oxygen atoms in total. The van der Waals surface area contributed by atoms with Crippen LogP contribution >= 0.6 is 11.8 Å². The van der Waals surface area contributed by atoms with Crippen molar-refractivity contribution in [3.05, 3.63) is 5.82 Å². The van der Waals surface area contributed by atoms with Crippen molar-refractivity contribution in [1.82, 2.24) is 14.8 Å². The predicted molar refractivity (Wildman–Crippen MR) is 60.7 cm³/mol. The second-order valence-corrected chi connectivity index (χ2v) is 4.71. The van der Waals surface area contributed by atoms with Gasteiger partial charge < -0.3 is 15.4 Å². The van der Waals surface area contributed by atoms with E-state index in [1.807, 2.05) is 25.5 Å². The van der Waals surface area contributed by atoms with Gasteiger partial charge in [-0.1, -0.05) is 18.7 Å². The van der Waals surface area contributed by atoms with E-state index in [9.17, 15) is 5.11 Å². The van der Waals surface area contributed by atoms with E-state index in [0.717, 1.165) is 17.4 Å². The van der Waals surface area contributed by atoms with Crippen molar-refractivity contribution in [2.75, 3.05) is 6.61 Å². The van der Waals surface area contributed by atoms with Crippen molar-refractivity contribution in [2.45, 2.75) is 36.7 Å². The molecule has 86 valence electrons. The van der Waals surface area contributed by atoms with Crippen LogP contribution in [0.1, 0.15) is 19.2 Å². The minimum Gasteiger partial charge on any atom is -0.395 e. The lowest BCUT2D eigenvalue weighted by molar-refractivity contribution is 0.281. The summed E-state index contributed by atoms with van der Waals surface area (Å²) in [4.78, 5) is 0. The smallest absolute Gasteiger partial charge is 0.191 e. The Labute approximate surface area is 94.1 Å². The molecule has 2 atom stereocenters. The van der Waals surface area contributed by atoms with Gasteiger partial charge in [-0.2, -0.15) is 0 Å². The van der Waals surface area contributed by atoms with Gasteiger partial charge in [0.2, 0.25) is 0 Å². The van der Waals surface area contributed by atoms with Gasteiger partial charge in [0.05, 0.1) is 11.9 Å². The molecule has 0 aliphatic rings. The minimum atomic E-state index is -0.0167. The van der Waals surface area contributed by atoms with E-state index < -0.39 is 0 Å². The van der Waals surface area contributed by atoms with E-state index in [4.69, 9.17) is 5.73 Å². The van der Waals surface area contributed by atoms with E-state index >= 15 is 0 Å². The average Bonchev–Trinajstić information content (AvgIpc) is 2.56. The lowest BCUT2D eigenvalue weighted by Gasteiger charge is -2.19. The molecule has 1 aromatic heterocycles. The van der Waals surface area contributed by atoms with Gasteiger partial charge in [-0.15, -0.1) is 10.2 Å². The normalized spacial score (nSPS) is 15.3. The van der Waals surface area contributed by atoms with Crippen LogP contribution < -0.4 is 5.73 Å². The van der Waals surface area contributed by atoms with Gasteiger partial charge in [-0.3, -0.25) is 0 Å². The molecule has 2 unspecified atom stereocenters. The van der Waals surface area contributed by atoms with E-state index in [1.165, 1.54) is 11.8 Å². The number of nitrogens with zero attached hydrogens (tertiary/aromatic N) is 3. The third-order valence-electron chi connectivity index (χ3n) is 2.44. The van der Waals surface area contributed by atoms with Gasteiger partial charge in [0, 0.05) is 13.1 Å². The molecule has 0 spiro atoms. The predicted octanol–water partition coefficient (Wildman–Crippen LogP) is 0.314. The number of thioether (sulfide) groups is 1. The molecule has 1 aromatic rings. The molecule has 0 radical (unpaired) electrons. The number of hydrogen-bond acceptors (Lipinski definition) is 5. The minimum absolute atomic E-state index is 0.0164. The third kappa shape index (κ3) is 2.93. The van der Waals surface area contributed by atoms with Crippen molar-refractivity contribution in [2.24, 2.45) is 12.8 Å². The van der Waals surface area contributed by atoms with Crippen LogP contribution in [-0.4, -0.2) is 37.8 Å². The highest BCUT2D eigenvalue weighted by atomic mass is 32.2. The van der Waals surface area contributed by atoms with Crippen molar-refractivity contribution in [3.8, 4) is 0 Å². The summed E-state index contributed by atoms with van der Waals surface area (Å²) in [6.45, 7) is 3.96. The summed E-state index contributed by atoms with van der Waals surface area (Å²) in [5.41, 5.74) is 5.89. The van der Waals surface area contributed by atoms with Crippen molar-refractivity contribution in [3.63, 3.8) is 0 Å². The van der Waals surface area contributed by atoms with E-state index in [1.54, 1.807) is 0 Å². The number of aliphatic hydroxyl groups is 1. The third-order valence-corrected chi connectivity index (χ3v) is 3.81. The second kappa shape index (κ2) is 5.48. The van der Waals surface area contributed by atoms with Crippen molar-refractivity contribution >= 4 is 11.8 Å². The maximum absolute atomic E-state index is 9.23. The summed E-state index contributed by atoms with van der Waals surface area (Å²) in [5.74, 6) is 0.860. The first kappa shape index (κ1) is 12.5. The number of aryl methyl sites for hydroxylation is 1. The fraction of sp³-hybridized carbons (Fsp3) is 0.778. The zero-order valence-electron chi connectivity index (χ0n) is 9.34. The lowest BCUT2D eigenvalue weighted by Crippen LogP contribution is -2.34. The highest BCUT2D eigenvalue weighted by Gasteiger charge is 2.19. The fourth-order valence-corrected chi connectivity index (χ4v) is 2.24. The maximum atomic E-state index is 9.23. The summed E-state index contributed by atoms with van der Waals surface area (Å²) in [5, 5.41) is 18.0. The molecule has 1 heterocycles. The highest BCUT2D eigenvalue weighted by Crippen LogP contribution is 2.23. The van der Waals surface area contributed by atoms with Crippen LogP contribution in [0.25, 0.3) is 0 Å². The molecule has 0 aliphatic carbocycles. The molecule has 15 heavy (non-hydrogen) atoms. The van der Waals surface area contributed by atoms with Crippen LogP contribution in [0.4, 0.5) is 0 Å². The first-order valence-electron chi connectivity index (χ1n) is 4.99. The van der Waals surface area contributed by atoms with Crippen LogP contribution in [0.5, 0.6) is 0 Å². The fourth-order valence-electron chi connectivity index (χ4n) is 1.15. The lowest BCUT2D eigenvalue weighted by atomic mass is 10.2. The van der Waals surface area contributed by atoms with Gasteiger partial charge in [-0.05, 0) is 13.3 Å². The van der Waals surface area contributed by atoms with Gasteiger partial charge >= 0.3 is 0 Å². The topological polar surface area (TPSA) is 77.0 Å². The first-order valence-corrected chi connectivity index (χ1v) is 5.87. The molecular weight excluding hydrogens is 212 g/mol. The van der Waals surface area contributed by atoms with Crippen molar-refractivity contribution < 1.29 is 5.11 Å². The van der Waals surface area contributed by atoms with Crippen molar-refractivity contribution in [1.29, 1.82) is 0 Å². The summed E-state index contributed by atoms with van der Waals surface area (Å²) >= 11 is 1.48. The first-order chi connectivity index (χ1) is 7.10. The second-order valence-electron chi connectivity index (χ2n) is 3.50. The van der Waals surface area contributed by atoms with Gasteiger partial charge in [0.25, 0.3) is 0 Å². The molecule has 0 saturated carbocycles. The Balaban J connectivity index is 2.70. The van der Waals surface area contributed by atoms with Crippen LogP contribution in [-0.2, 0) is 7.05 Å². The van der Waals surface area contributed by atoms with E-state index in [-0.39, 0.29) is 17.9 Å². The quantitative estimate of drug-likeness (QED) is 0.712. The number of aliphatic hydroxyl groups excluding tert-OH is 1. The zero-order chi connectivity index (χ0) is 11.4. The zero-order valence-corrected chi connectivity index (χ0v) is 10.2. The van der Waals surface area contributed by atoms with Crippen LogP contribution in [0, 0.1) is 6.92 Å². The van der Waals surface area contributed by atoms with E-state index in [0.29, 0.717) is 0 Å². The molecule has 3 N–H and O–H groups in total. The Morgan fingerprint density at radius 1 is 1.53 bits per heavy atom. The Bertz CT molecular complexity index is 315. The molecule has 0 fully saturated rings. The average molecular weight is 230 g/mol. The maximum Gasteiger partial charge on any atom is 0.191 e. The van der Waals surface area contributed by atoms with Crippen LogP contribution in [0.2, 0.25) is 0 Å². The highest BCUT2D eigenvalue weighted by molar-refractivity contribution is 7.99. The number of rotatable bonds is 5. The SMILES string of the molecule is CCC(N)C(CO)Sc1nnc(C)n1C.